The number of nitrogens with zero attached hydrogens (tertiary/aromatic N) is 3. The molecule has 0 N–H and O–H groups in total. The number of aryl methyl sites for hydroxylation is 2. The zero-order valence-electron chi connectivity index (χ0n) is 21.5. The average molecular weight is 520 g/mol. The average Bonchev–Trinajstić information content (AvgIpc) is 3.45. The van der Waals surface area contributed by atoms with E-state index in [0.717, 1.165) is 23.4 Å². The van der Waals surface area contributed by atoms with Crippen molar-refractivity contribution in [2.45, 2.75) is 46.6 Å². The molecule has 4 aromatic rings. The maximum absolute atomic E-state index is 13.9. The Kier molecular flexibility index (Phi) is 6.72. The molecule has 0 saturated heterocycles. The van der Waals surface area contributed by atoms with Gasteiger partial charge in [0.2, 0.25) is 10.9 Å². The number of carbonyl (C=O) groups is 1. The van der Waals surface area contributed by atoms with Gasteiger partial charge < -0.3 is 13.9 Å². The van der Waals surface area contributed by atoms with Crippen LogP contribution in [0.25, 0.3) is 11.0 Å². The first-order valence-electron chi connectivity index (χ1n) is 12.4. The molecule has 1 aliphatic heterocycles. The highest BCUT2D eigenvalue weighted by Gasteiger charge is 2.45. The van der Waals surface area contributed by atoms with E-state index in [1.54, 1.807) is 19.2 Å². The van der Waals surface area contributed by atoms with Crippen molar-refractivity contribution in [3.8, 4) is 11.5 Å². The Labute approximate surface area is 218 Å². The Morgan fingerprint density at radius 2 is 1.92 bits per heavy atom. The van der Waals surface area contributed by atoms with Gasteiger partial charge in [0.05, 0.1) is 30.7 Å². The summed E-state index contributed by atoms with van der Waals surface area (Å²) in [7, 11) is 1.57. The Morgan fingerprint density at radius 3 is 2.65 bits per heavy atom. The number of benzene rings is 2. The minimum absolute atomic E-state index is 0.0256. The molecule has 0 bridgehead atoms. The molecule has 8 nitrogen and oxygen atoms in total. The lowest BCUT2D eigenvalue weighted by atomic mass is 9.98. The van der Waals surface area contributed by atoms with Crippen LogP contribution in [-0.2, 0) is 6.42 Å². The molecule has 9 heteroatoms. The summed E-state index contributed by atoms with van der Waals surface area (Å²) in [5.41, 5.74) is 2.04. The van der Waals surface area contributed by atoms with Crippen LogP contribution in [0, 0.1) is 12.8 Å². The number of rotatable bonds is 8. The standard InChI is InChI=1S/C28H29N3O5S/c1-6-7-22-29-30-28(37-22)31-24(17-9-11-20(21(13-17)34-5)35-14-15(2)3)23-25(32)18-12-16(4)8-10-19(18)36-26(23)27(31)33/h8-13,15,24H,6-7,14H2,1-5H3. The summed E-state index contributed by atoms with van der Waals surface area (Å²) in [5, 5.41) is 10.3. The molecule has 1 atom stereocenters. The van der Waals surface area contributed by atoms with Gasteiger partial charge in [0.15, 0.2) is 16.9 Å². The molecule has 5 rings (SSSR count). The van der Waals surface area contributed by atoms with Gasteiger partial charge in [-0.25, -0.2) is 0 Å². The fourth-order valence-electron chi connectivity index (χ4n) is 4.49. The molecule has 0 saturated carbocycles. The highest BCUT2D eigenvalue weighted by molar-refractivity contribution is 7.15. The molecule has 2 aromatic carbocycles. The molecule has 37 heavy (non-hydrogen) atoms. The molecule has 1 amide bonds. The van der Waals surface area contributed by atoms with Gasteiger partial charge in [-0.2, -0.15) is 0 Å². The van der Waals surface area contributed by atoms with Gasteiger partial charge in [-0.05, 0) is 49.1 Å². The number of amides is 1. The molecule has 2 aromatic heterocycles. The van der Waals surface area contributed by atoms with Gasteiger partial charge >= 0.3 is 0 Å². The van der Waals surface area contributed by atoms with E-state index in [9.17, 15) is 9.59 Å². The molecule has 3 heterocycles. The Balaban J connectivity index is 1.70. The molecule has 0 aliphatic carbocycles. The lowest BCUT2D eigenvalue weighted by molar-refractivity contribution is 0.0970. The van der Waals surface area contributed by atoms with Crippen LogP contribution in [-0.4, -0.2) is 29.8 Å². The number of methoxy groups -OCH3 is 1. The summed E-state index contributed by atoms with van der Waals surface area (Å²) >= 11 is 1.35. The van der Waals surface area contributed by atoms with Crippen molar-refractivity contribution >= 4 is 33.3 Å². The van der Waals surface area contributed by atoms with E-state index in [1.165, 1.54) is 16.2 Å². The predicted molar refractivity (Wildman–Crippen MR) is 143 cm³/mol. The van der Waals surface area contributed by atoms with Crippen molar-refractivity contribution in [3.63, 3.8) is 0 Å². The van der Waals surface area contributed by atoms with E-state index >= 15 is 0 Å². The van der Waals surface area contributed by atoms with Crippen molar-refractivity contribution < 1.29 is 18.7 Å². The van der Waals surface area contributed by atoms with Crippen LogP contribution < -0.4 is 19.8 Å². The van der Waals surface area contributed by atoms with Gasteiger partial charge in [0.25, 0.3) is 5.91 Å². The Morgan fingerprint density at radius 1 is 1.11 bits per heavy atom. The predicted octanol–water partition coefficient (Wildman–Crippen LogP) is 5.70. The maximum Gasteiger partial charge on any atom is 0.297 e. The van der Waals surface area contributed by atoms with Crippen LogP contribution in [0.3, 0.4) is 0 Å². The molecule has 0 fully saturated rings. The second kappa shape index (κ2) is 9.97. The quantitative estimate of drug-likeness (QED) is 0.295. The molecule has 0 radical (unpaired) electrons. The van der Waals surface area contributed by atoms with Gasteiger partial charge in [-0.1, -0.05) is 49.8 Å². The fraction of sp³-hybridized carbons (Fsp3) is 0.357. The van der Waals surface area contributed by atoms with Crippen molar-refractivity contribution in [2.75, 3.05) is 18.6 Å². The van der Waals surface area contributed by atoms with Crippen molar-refractivity contribution in [3.05, 3.63) is 74.1 Å². The van der Waals surface area contributed by atoms with Crippen LogP contribution >= 0.6 is 11.3 Å². The van der Waals surface area contributed by atoms with Crippen LogP contribution in [0.4, 0.5) is 5.13 Å². The normalized spacial score (nSPS) is 15.0. The van der Waals surface area contributed by atoms with Crippen LogP contribution in [0.2, 0.25) is 0 Å². The van der Waals surface area contributed by atoms with Crippen LogP contribution in [0.15, 0.2) is 45.6 Å². The lowest BCUT2D eigenvalue weighted by Crippen LogP contribution is -2.29. The summed E-state index contributed by atoms with van der Waals surface area (Å²) in [6.45, 7) is 8.65. The van der Waals surface area contributed by atoms with E-state index < -0.39 is 11.9 Å². The Bertz CT molecular complexity index is 1540. The first-order chi connectivity index (χ1) is 17.8. The lowest BCUT2D eigenvalue weighted by Gasteiger charge is -2.23. The highest BCUT2D eigenvalue weighted by Crippen LogP contribution is 2.44. The number of fused-ring (bicyclic) bond motifs is 2. The Hall–Kier alpha value is -3.72. The van der Waals surface area contributed by atoms with Crippen LogP contribution in [0.1, 0.15) is 65.5 Å². The monoisotopic (exact) mass is 519 g/mol. The van der Waals surface area contributed by atoms with Crippen LogP contribution in [0.5, 0.6) is 11.5 Å². The van der Waals surface area contributed by atoms with Crippen molar-refractivity contribution in [2.24, 2.45) is 5.92 Å². The fourth-order valence-corrected chi connectivity index (χ4v) is 5.45. The van der Waals surface area contributed by atoms with Gasteiger partial charge in [0.1, 0.15) is 10.6 Å². The smallest absolute Gasteiger partial charge is 0.297 e. The largest absolute Gasteiger partial charge is 0.493 e. The molecular formula is C28H29N3O5S. The van der Waals surface area contributed by atoms with Crippen molar-refractivity contribution in [1.82, 2.24) is 10.2 Å². The maximum atomic E-state index is 13.9. The first kappa shape index (κ1) is 25.0. The minimum atomic E-state index is -0.751. The summed E-state index contributed by atoms with van der Waals surface area (Å²) in [6, 6.07) is 10.1. The number of ether oxygens (including phenoxy) is 2. The van der Waals surface area contributed by atoms with Gasteiger partial charge in [-0.15, -0.1) is 10.2 Å². The summed E-state index contributed by atoms with van der Waals surface area (Å²) in [6.07, 6.45) is 1.67. The zero-order chi connectivity index (χ0) is 26.3. The van der Waals surface area contributed by atoms with E-state index in [-0.39, 0.29) is 16.8 Å². The van der Waals surface area contributed by atoms with Gasteiger partial charge in [-0.3, -0.25) is 14.5 Å². The molecule has 192 valence electrons. The third kappa shape index (κ3) is 4.48. The summed E-state index contributed by atoms with van der Waals surface area (Å²) < 4.78 is 17.6. The number of hydrogen-bond acceptors (Lipinski definition) is 8. The second-order valence-electron chi connectivity index (χ2n) is 9.59. The van der Waals surface area contributed by atoms with E-state index in [1.807, 2.05) is 31.2 Å². The zero-order valence-corrected chi connectivity index (χ0v) is 22.3. The highest BCUT2D eigenvalue weighted by atomic mass is 32.1. The molecule has 1 unspecified atom stereocenters. The van der Waals surface area contributed by atoms with Gasteiger partial charge in [0, 0.05) is 6.42 Å². The number of carbonyl (C=O) groups excluding carboxylic acids is 1. The number of hydrogen-bond donors (Lipinski definition) is 0. The number of anilines is 1. The summed E-state index contributed by atoms with van der Waals surface area (Å²) in [4.78, 5) is 29.2. The van der Waals surface area contributed by atoms with E-state index in [4.69, 9.17) is 13.9 Å². The third-order valence-corrected chi connectivity index (χ3v) is 7.21. The molecule has 1 aliphatic rings. The van der Waals surface area contributed by atoms with E-state index in [2.05, 4.69) is 31.0 Å². The first-order valence-corrected chi connectivity index (χ1v) is 13.2. The molecular weight excluding hydrogens is 490 g/mol. The summed E-state index contributed by atoms with van der Waals surface area (Å²) in [5.74, 6) is 1.06. The third-order valence-electron chi connectivity index (χ3n) is 6.23. The van der Waals surface area contributed by atoms with E-state index in [0.29, 0.717) is 45.7 Å². The van der Waals surface area contributed by atoms with Crippen molar-refractivity contribution in [1.29, 1.82) is 0 Å². The second-order valence-corrected chi connectivity index (χ2v) is 10.6. The molecule has 0 spiro atoms. The number of aromatic nitrogens is 2. The topological polar surface area (TPSA) is 94.8 Å². The SMILES string of the molecule is CCCc1nnc(N2C(=O)c3oc4ccc(C)cc4c(=O)c3C2c2ccc(OCC(C)C)c(OC)c2)s1. The minimum Gasteiger partial charge on any atom is -0.493 e.